The van der Waals surface area contributed by atoms with Crippen molar-refractivity contribution in [2.75, 3.05) is 13.2 Å². The van der Waals surface area contributed by atoms with Crippen LogP contribution in [0.1, 0.15) is 34.6 Å². The Balaban J connectivity index is 2.03. The van der Waals surface area contributed by atoms with Gasteiger partial charge in [0, 0.05) is 12.1 Å². The predicted molar refractivity (Wildman–Crippen MR) is 89.8 cm³/mol. The minimum absolute atomic E-state index is 0.222. The topological polar surface area (TPSA) is 55.4 Å². The minimum atomic E-state index is -0.403. The summed E-state index contributed by atoms with van der Waals surface area (Å²) in [6.45, 7) is 4.34. The third kappa shape index (κ3) is 4.91. The highest BCUT2D eigenvalue weighted by Crippen LogP contribution is 2.18. The van der Waals surface area contributed by atoms with E-state index < -0.39 is 5.82 Å². The summed E-state index contributed by atoms with van der Waals surface area (Å²) in [7, 11) is 0. The van der Waals surface area contributed by atoms with Gasteiger partial charge in [0.15, 0.2) is 12.4 Å². The van der Waals surface area contributed by atoms with E-state index in [0.717, 1.165) is 0 Å². The summed E-state index contributed by atoms with van der Waals surface area (Å²) < 4.78 is 18.4. The number of hydrogen-bond acceptors (Lipinski definition) is 3. The average Bonchev–Trinajstić information content (AvgIpc) is 2.58. The Kier molecular flexibility index (Phi) is 6.07. The van der Waals surface area contributed by atoms with Gasteiger partial charge in [-0.3, -0.25) is 9.59 Å². The maximum absolute atomic E-state index is 12.9. The number of nitrogens with one attached hydrogen (secondary N) is 1. The van der Waals surface area contributed by atoms with Crippen LogP contribution in [0.5, 0.6) is 5.75 Å². The summed E-state index contributed by atoms with van der Waals surface area (Å²) in [5.41, 5.74) is 0.739. The van der Waals surface area contributed by atoms with Crippen molar-refractivity contribution in [2.24, 2.45) is 5.92 Å². The van der Waals surface area contributed by atoms with E-state index in [4.69, 9.17) is 4.74 Å². The van der Waals surface area contributed by atoms with Gasteiger partial charge in [-0.25, -0.2) is 4.39 Å². The maximum Gasteiger partial charge on any atom is 0.255 e. The predicted octanol–water partition coefficient (Wildman–Crippen LogP) is 3.47. The van der Waals surface area contributed by atoms with Gasteiger partial charge in [-0.2, -0.15) is 0 Å². The summed E-state index contributed by atoms with van der Waals surface area (Å²) in [6.07, 6.45) is 0. The lowest BCUT2D eigenvalue weighted by molar-refractivity contribution is 0.0902. The molecule has 0 saturated carbocycles. The van der Waals surface area contributed by atoms with Crippen molar-refractivity contribution in [1.82, 2.24) is 5.32 Å². The molecule has 0 spiro atoms. The lowest BCUT2D eigenvalue weighted by atomic mass is 10.1. The molecule has 2 aromatic rings. The molecule has 0 aliphatic carbocycles. The SMILES string of the molecule is CC(C)CNC(=O)c1ccccc1OCC(=O)c1ccc(F)cc1. The molecule has 24 heavy (non-hydrogen) atoms. The largest absolute Gasteiger partial charge is 0.485 e. The van der Waals surface area contributed by atoms with Crippen molar-refractivity contribution >= 4 is 11.7 Å². The van der Waals surface area contributed by atoms with Crippen LogP contribution in [0, 0.1) is 11.7 Å². The van der Waals surface area contributed by atoms with Crippen molar-refractivity contribution in [1.29, 1.82) is 0 Å². The number of ketones is 1. The highest BCUT2D eigenvalue weighted by molar-refractivity contribution is 5.98. The number of halogens is 1. The summed E-state index contributed by atoms with van der Waals surface area (Å²) in [5, 5.41) is 2.82. The molecule has 0 saturated heterocycles. The standard InChI is InChI=1S/C19H20FNO3/c1-13(2)11-21-19(23)16-5-3-4-6-18(16)24-12-17(22)14-7-9-15(20)10-8-14/h3-10,13H,11-12H2,1-2H3,(H,21,23). The van der Waals surface area contributed by atoms with E-state index >= 15 is 0 Å². The Labute approximate surface area is 140 Å². The van der Waals surface area contributed by atoms with Crippen LogP contribution in [-0.4, -0.2) is 24.8 Å². The van der Waals surface area contributed by atoms with E-state index in [0.29, 0.717) is 29.3 Å². The molecule has 0 unspecified atom stereocenters. The molecule has 0 atom stereocenters. The quantitative estimate of drug-likeness (QED) is 0.791. The number of ether oxygens (including phenoxy) is 1. The molecule has 0 fully saturated rings. The van der Waals surface area contributed by atoms with Crippen molar-refractivity contribution < 1.29 is 18.7 Å². The molecule has 0 heterocycles. The second-order valence-electron chi connectivity index (χ2n) is 5.82. The minimum Gasteiger partial charge on any atom is -0.485 e. The molecule has 5 heteroatoms. The van der Waals surface area contributed by atoms with Crippen LogP contribution in [0.25, 0.3) is 0 Å². The Hall–Kier alpha value is -2.69. The van der Waals surface area contributed by atoms with Crippen LogP contribution in [0.3, 0.4) is 0 Å². The molecule has 0 aliphatic heterocycles. The molecule has 2 aromatic carbocycles. The monoisotopic (exact) mass is 329 g/mol. The van der Waals surface area contributed by atoms with Crippen molar-refractivity contribution in [3.8, 4) is 5.75 Å². The van der Waals surface area contributed by atoms with Gasteiger partial charge >= 0.3 is 0 Å². The second kappa shape index (κ2) is 8.24. The van der Waals surface area contributed by atoms with Gasteiger partial charge in [0.25, 0.3) is 5.91 Å². The van der Waals surface area contributed by atoms with Gasteiger partial charge in [-0.15, -0.1) is 0 Å². The molecule has 0 bridgehead atoms. The number of carbonyl (C=O) groups excluding carboxylic acids is 2. The molecule has 2 rings (SSSR count). The molecular weight excluding hydrogens is 309 g/mol. The van der Waals surface area contributed by atoms with Crippen LogP contribution in [0.15, 0.2) is 48.5 Å². The fourth-order valence-electron chi connectivity index (χ4n) is 2.03. The highest BCUT2D eigenvalue weighted by atomic mass is 19.1. The van der Waals surface area contributed by atoms with Crippen LogP contribution in [-0.2, 0) is 0 Å². The zero-order valence-corrected chi connectivity index (χ0v) is 13.7. The van der Waals surface area contributed by atoms with Gasteiger partial charge in [-0.05, 0) is 42.3 Å². The average molecular weight is 329 g/mol. The van der Waals surface area contributed by atoms with Gasteiger partial charge < -0.3 is 10.1 Å². The van der Waals surface area contributed by atoms with Gasteiger partial charge in [-0.1, -0.05) is 26.0 Å². The zero-order chi connectivity index (χ0) is 17.5. The summed E-state index contributed by atoms with van der Waals surface area (Å²) in [4.78, 5) is 24.3. The van der Waals surface area contributed by atoms with Crippen molar-refractivity contribution in [2.45, 2.75) is 13.8 Å². The molecule has 4 nitrogen and oxygen atoms in total. The lowest BCUT2D eigenvalue weighted by Crippen LogP contribution is -2.28. The van der Waals surface area contributed by atoms with E-state index in [1.807, 2.05) is 13.8 Å². The second-order valence-corrected chi connectivity index (χ2v) is 5.82. The molecule has 1 amide bonds. The summed E-state index contributed by atoms with van der Waals surface area (Å²) >= 11 is 0. The smallest absolute Gasteiger partial charge is 0.255 e. The number of Topliss-reactive ketones (excluding diaryl/α,β-unsaturated/α-hetero) is 1. The number of benzene rings is 2. The first-order valence-electron chi connectivity index (χ1n) is 7.76. The summed E-state index contributed by atoms with van der Waals surface area (Å²) in [5.74, 6) is -0.253. The normalized spacial score (nSPS) is 10.5. The fourth-order valence-corrected chi connectivity index (χ4v) is 2.03. The third-order valence-electron chi connectivity index (χ3n) is 3.33. The number of rotatable bonds is 7. The van der Waals surface area contributed by atoms with Crippen LogP contribution in [0.4, 0.5) is 4.39 Å². The molecular formula is C19H20FNO3. The van der Waals surface area contributed by atoms with Crippen LogP contribution < -0.4 is 10.1 Å². The van der Waals surface area contributed by atoms with Gasteiger partial charge in [0.2, 0.25) is 0 Å². The Morgan fingerprint density at radius 2 is 1.75 bits per heavy atom. The van der Waals surface area contributed by atoms with E-state index in [-0.39, 0.29) is 18.3 Å². The fraction of sp³-hybridized carbons (Fsp3) is 0.263. The van der Waals surface area contributed by atoms with E-state index in [9.17, 15) is 14.0 Å². The number of para-hydroxylation sites is 1. The number of hydrogen-bond donors (Lipinski definition) is 1. The Morgan fingerprint density at radius 3 is 2.42 bits per heavy atom. The number of amides is 1. The molecule has 126 valence electrons. The Bertz CT molecular complexity index is 711. The Morgan fingerprint density at radius 1 is 1.08 bits per heavy atom. The van der Waals surface area contributed by atoms with E-state index in [1.54, 1.807) is 24.3 Å². The maximum atomic E-state index is 12.9. The van der Waals surface area contributed by atoms with Crippen LogP contribution >= 0.6 is 0 Å². The van der Waals surface area contributed by atoms with Crippen molar-refractivity contribution in [3.63, 3.8) is 0 Å². The summed E-state index contributed by atoms with van der Waals surface area (Å²) in [6, 6.07) is 12.0. The number of carbonyl (C=O) groups is 2. The zero-order valence-electron chi connectivity index (χ0n) is 13.7. The van der Waals surface area contributed by atoms with Gasteiger partial charge in [0.05, 0.1) is 5.56 Å². The lowest BCUT2D eigenvalue weighted by Gasteiger charge is -2.12. The molecule has 0 aliphatic rings. The van der Waals surface area contributed by atoms with Gasteiger partial charge in [0.1, 0.15) is 11.6 Å². The highest BCUT2D eigenvalue weighted by Gasteiger charge is 2.14. The van der Waals surface area contributed by atoms with Crippen molar-refractivity contribution in [3.05, 3.63) is 65.5 Å². The molecule has 0 aromatic heterocycles. The van der Waals surface area contributed by atoms with E-state index in [1.165, 1.54) is 24.3 Å². The molecule has 1 N–H and O–H groups in total. The first-order valence-corrected chi connectivity index (χ1v) is 7.76. The third-order valence-corrected chi connectivity index (χ3v) is 3.33. The first-order chi connectivity index (χ1) is 11.5. The van der Waals surface area contributed by atoms with Crippen LogP contribution in [0.2, 0.25) is 0 Å². The molecule has 0 radical (unpaired) electrons. The van der Waals surface area contributed by atoms with E-state index in [2.05, 4.69) is 5.32 Å². The first kappa shape index (κ1) is 17.7.